The Morgan fingerprint density at radius 3 is 2.12 bits per heavy atom. The third-order valence-electron chi connectivity index (χ3n) is 5.15. The van der Waals surface area contributed by atoms with Crippen molar-refractivity contribution in [3.8, 4) is 0 Å². The average molecular weight is 225 g/mol. The van der Waals surface area contributed by atoms with Crippen LogP contribution in [0.2, 0.25) is 0 Å². The Balaban J connectivity index is 2.13. The minimum absolute atomic E-state index is 0.369. The normalized spacial score (nSPS) is 40.3. The molecule has 0 aromatic heterocycles. The van der Waals surface area contributed by atoms with E-state index in [9.17, 15) is 5.11 Å². The lowest BCUT2D eigenvalue weighted by Crippen LogP contribution is -2.58. The van der Waals surface area contributed by atoms with E-state index in [2.05, 4.69) is 25.8 Å². The second-order valence-corrected chi connectivity index (χ2v) is 5.93. The highest BCUT2D eigenvalue weighted by Gasteiger charge is 2.46. The highest BCUT2D eigenvalue weighted by molar-refractivity contribution is 5.01. The lowest BCUT2D eigenvalue weighted by Gasteiger charge is -2.53. The maximum absolute atomic E-state index is 10.9. The highest BCUT2D eigenvalue weighted by atomic mass is 16.3. The number of hydrogen-bond donors (Lipinski definition) is 1. The van der Waals surface area contributed by atoms with Crippen LogP contribution >= 0.6 is 0 Å². The van der Waals surface area contributed by atoms with Gasteiger partial charge in [0.2, 0.25) is 0 Å². The fourth-order valence-electron chi connectivity index (χ4n) is 4.07. The van der Waals surface area contributed by atoms with E-state index in [1.165, 1.54) is 19.3 Å². The van der Waals surface area contributed by atoms with Gasteiger partial charge in [-0.3, -0.25) is 0 Å². The molecule has 2 heteroatoms. The first-order chi connectivity index (χ1) is 7.60. The summed E-state index contributed by atoms with van der Waals surface area (Å²) in [6, 6.07) is 1.27. The second-order valence-electron chi connectivity index (χ2n) is 5.93. The van der Waals surface area contributed by atoms with Crippen molar-refractivity contribution >= 4 is 0 Å². The number of hydrogen-bond acceptors (Lipinski definition) is 2. The van der Waals surface area contributed by atoms with Crippen molar-refractivity contribution in [1.82, 2.24) is 4.90 Å². The average Bonchev–Trinajstić information content (AvgIpc) is 2.22. The predicted octanol–water partition coefficient (Wildman–Crippen LogP) is 2.80. The molecule has 2 aliphatic heterocycles. The fourth-order valence-corrected chi connectivity index (χ4v) is 4.07. The molecule has 2 atom stereocenters. The molecule has 0 aromatic carbocycles. The zero-order valence-corrected chi connectivity index (χ0v) is 11.1. The summed E-state index contributed by atoms with van der Waals surface area (Å²) in [5.41, 5.74) is -0.369. The van der Waals surface area contributed by atoms with Crippen molar-refractivity contribution in [2.24, 2.45) is 5.92 Å². The number of nitrogens with zero attached hydrogens (tertiary/aromatic N) is 1. The minimum Gasteiger partial charge on any atom is -0.389 e. The summed E-state index contributed by atoms with van der Waals surface area (Å²) in [5.74, 6) is 0.504. The predicted molar refractivity (Wildman–Crippen MR) is 67.4 cm³/mol. The molecule has 0 saturated carbocycles. The van der Waals surface area contributed by atoms with E-state index in [0.717, 1.165) is 25.7 Å². The molecule has 0 spiro atoms. The number of fused-ring (bicyclic) bond motifs is 2. The molecule has 16 heavy (non-hydrogen) atoms. The van der Waals surface area contributed by atoms with Crippen LogP contribution in [-0.4, -0.2) is 34.7 Å². The molecule has 2 nitrogen and oxygen atoms in total. The van der Waals surface area contributed by atoms with Crippen LogP contribution in [0.15, 0.2) is 0 Å². The molecule has 2 bridgehead atoms. The molecule has 0 aliphatic carbocycles. The van der Waals surface area contributed by atoms with Gasteiger partial charge in [0, 0.05) is 12.1 Å². The molecule has 1 N–H and O–H groups in total. The summed E-state index contributed by atoms with van der Waals surface area (Å²) in [5, 5.41) is 10.9. The van der Waals surface area contributed by atoms with E-state index < -0.39 is 0 Å². The maximum Gasteiger partial charge on any atom is 0.0705 e. The summed E-state index contributed by atoms with van der Waals surface area (Å²) >= 11 is 0. The molecule has 2 aliphatic rings. The van der Waals surface area contributed by atoms with E-state index in [-0.39, 0.29) is 5.60 Å². The number of aliphatic hydroxyl groups is 1. The van der Waals surface area contributed by atoms with Crippen LogP contribution in [-0.2, 0) is 0 Å². The number of piperidine rings is 2. The summed E-state index contributed by atoms with van der Waals surface area (Å²) < 4.78 is 0. The van der Waals surface area contributed by atoms with E-state index in [4.69, 9.17) is 0 Å². The molecular formula is C14H27NO. The monoisotopic (exact) mass is 225 g/mol. The Kier molecular flexibility index (Phi) is 3.60. The highest BCUT2D eigenvalue weighted by Crippen LogP contribution is 2.43. The molecule has 2 rings (SSSR count). The summed E-state index contributed by atoms with van der Waals surface area (Å²) in [6.07, 6.45) is 8.19. The number of rotatable bonds is 3. The molecule has 2 saturated heterocycles. The summed E-state index contributed by atoms with van der Waals surface area (Å²) in [4.78, 5) is 2.53. The second kappa shape index (κ2) is 4.66. The first kappa shape index (κ1) is 12.4. The van der Waals surface area contributed by atoms with Gasteiger partial charge in [-0.05, 0) is 38.6 Å². The van der Waals surface area contributed by atoms with Crippen LogP contribution in [0.5, 0.6) is 0 Å². The van der Waals surface area contributed by atoms with E-state index in [0.29, 0.717) is 18.0 Å². The molecule has 2 unspecified atom stereocenters. The van der Waals surface area contributed by atoms with Crippen molar-refractivity contribution in [1.29, 1.82) is 0 Å². The Bertz CT molecular complexity index is 223. The van der Waals surface area contributed by atoms with Gasteiger partial charge in [-0.1, -0.05) is 33.1 Å². The van der Waals surface area contributed by atoms with E-state index in [1.54, 1.807) is 0 Å². The maximum atomic E-state index is 10.9. The molecule has 0 radical (unpaired) electrons. The fraction of sp³-hybridized carbons (Fsp3) is 1.00. The standard InChI is InChI=1S/C14H27NO/c1-4-11(5-2)14(16)9-12-7-6-8-13(10-14)15(12)3/h11-13,16H,4-10H2,1-3H3. The topological polar surface area (TPSA) is 23.5 Å². The van der Waals surface area contributed by atoms with Crippen LogP contribution in [0, 0.1) is 5.92 Å². The first-order valence-corrected chi connectivity index (χ1v) is 7.05. The van der Waals surface area contributed by atoms with Crippen molar-refractivity contribution in [3.05, 3.63) is 0 Å². The van der Waals surface area contributed by atoms with Gasteiger partial charge in [0.25, 0.3) is 0 Å². The van der Waals surface area contributed by atoms with Crippen LogP contribution in [0.1, 0.15) is 58.8 Å². The lowest BCUT2D eigenvalue weighted by atomic mass is 9.68. The minimum atomic E-state index is -0.369. The van der Waals surface area contributed by atoms with E-state index in [1.807, 2.05) is 0 Å². The van der Waals surface area contributed by atoms with Gasteiger partial charge in [0.1, 0.15) is 0 Å². The van der Waals surface area contributed by atoms with Gasteiger partial charge >= 0.3 is 0 Å². The summed E-state index contributed by atoms with van der Waals surface area (Å²) in [6.45, 7) is 4.44. The van der Waals surface area contributed by atoms with Crippen molar-refractivity contribution < 1.29 is 5.11 Å². The first-order valence-electron chi connectivity index (χ1n) is 7.05. The largest absolute Gasteiger partial charge is 0.389 e. The molecule has 0 amide bonds. The van der Waals surface area contributed by atoms with Crippen molar-refractivity contribution in [2.75, 3.05) is 7.05 Å². The Hall–Kier alpha value is -0.0800. The molecule has 2 heterocycles. The SMILES string of the molecule is CCC(CC)C1(O)CC2CCCC(C1)N2C. The summed E-state index contributed by atoms with van der Waals surface area (Å²) in [7, 11) is 2.25. The molecule has 2 fully saturated rings. The van der Waals surface area contributed by atoms with Crippen molar-refractivity contribution in [2.45, 2.75) is 76.5 Å². The van der Waals surface area contributed by atoms with Gasteiger partial charge in [0.05, 0.1) is 5.60 Å². The van der Waals surface area contributed by atoms with Gasteiger partial charge in [-0.15, -0.1) is 0 Å². The van der Waals surface area contributed by atoms with Gasteiger partial charge in [-0.25, -0.2) is 0 Å². The zero-order chi connectivity index (χ0) is 11.8. The van der Waals surface area contributed by atoms with Crippen LogP contribution in [0.25, 0.3) is 0 Å². The molecule has 94 valence electrons. The Morgan fingerprint density at radius 2 is 1.69 bits per heavy atom. The molecule has 0 aromatic rings. The third kappa shape index (κ3) is 2.02. The quantitative estimate of drug-likeness (QED) is 0.798. The van der Waals surface area contributed by atoms with Crippen LogP contribution < -0.4 is 0 Å². The third-order valence-corrected chi connectivity index (χ3v) is 5.15. The van der Waals surface area contributed by atoms with Gasteiger partial charge in [-0.2, -0.15) is 0 Å². The lowest BCUT2D eigenvalue weighted by molar-refractivity contribution is -0.117. The van der Waals surface area contributed by atoms with Gasteiger partial charge in [0.15, 0.2) is 0 Å². The smallest absolute Gasteiger partial charge is 0.0705 e. The van der Waals surface area contributed by atoms with Gasteiger partial charge < -0.3 is 10.0 Å². The van der Waals surface area contributed by atoms with Crippen molar-refractivity contribution in [3.63, 3.8) is 0 Å². The Labute approximate surface area is 100 Å². The van der Waals surface area contributed by atoms with Crippen LogP contribution in [0.4, 0.5) is 0 Å². The molecular weight excluding hydrogens is 198 g/mol. The Morgan fingerprint density at radius 1 is 1.19 bits per heavy atom. The van der Waals surface area contributed by atoms with Crippen LogP contribution in [0.3, 0.4) is 0 Å². The van der Waals surface area contributed by atoms with E-state index >= 15 is 0 Å². The zero-order valence-electron chi connectivity index (χ0n) is 11.1.